The molecule has 0 aromatic heterocycles. The van der Waals surface area contributed by atoms with E-state index in [0.29, 0.717) is 0 Å². The van der Waals surface area contributed by atoms with Gasteiger partial charge in [-0.15, -0.1) is 0 Å². The highest BCUT2D eigenvalue weighted by molar-refractivity contribution is 8.00. The lowest BCUT2D eigenvalue weighted by Gasteiger charge is -2.35. The van der Waals surface area contributed by atoms with Gasteiger partial charge in [-0.1, -0.05) is 27.2 Å². The second-order valence-electron chi connectivity index (χ2n) is 4.82. The lowest BCUT2D eigenvalue weighted by molar-refractivity contribution is 0.248. The Morgan fingerprint density at radius 2 is 1.93 bits per heavy atom. The topological polar surface area (TPSA) is 29.3 Å². The van der Waals surface area contributed by atoms with E-state index in [1.807, 2.05) is 0 Å². The Balaban J connectivity index is 2.25. The fourth-order valence-corrected chi connectivity index (χ4v) is 3.71. The van der Waals surface area contributed by atoms with E-state index in [4.69, 9.17) is 5.73 Å². The first-order chi connectivity index (χ1) is 7.15. The highest BCUT2D eigenvalue weighted by atomic mass is 32.2. The SMILES string of the molecule is CCC(CN)CCN1CC(C)SC(C)C1. The molecule has 1 saturated heterocycles. The molecule has 1 fully saturated rings. The van der Waals surface area contributed by atoms with Crippen molar-refractivity contribution in [3.05, 3.63) is 0 Å². The van der Waals surface area contributed by atoms with Crippen molar-refractivity contribution in [3.63, 3.8) is 0 Å². The van der Waals surface area contributed by atoms with Crippen LogP contribution >= 0.6 is 11.8 Å². The molecule has 3 unspecified atom stereocenters. The second-order valence-corrected chi connectivity index (χ2v) is 6.70. The lowest BCUT2D eigenvalue weighted by Crippen LogP contribution is -2.41. The van der Waals surface area contributed by atoms with Crippen molar-refractivity contribution < 1.29 is 0 Å². The van der Waals surface area contributed by atoms with Crippen LogP contribution in [0.3, 0.4) is 0 Å². The molecule has 1 heterocycles. The van der Waals surface area contributed by atoms with Crippen LogP contribution in [-0.2, 0) is 0 Å². The Morgan fingerprint density at radius 3 is 2.40 bits per heavy atom. The van der Waals surface area contributed by atoms with Crippen molar-refractivity contribution in [1.82, 2.24) is 4.90 Å². The summed E-state index contributed by atoms with van der Waals surface area (Å²) < 4.78 is 0. The highest BCUT2D eigenvalue weighted by Crippen LogP contribution is 2.25. The minimum Gasteiger partial charge on any atom is -0.330 e. The molecule has 3 heteroatoms. The summed E-state index contributed by atoms with van der Waals surface area (Å²) in [5.41, 5.74) is 5.73. The zero-order valence-corrected chi connectivity index (χ0v) is 11.2. The quantitative estimate of drug-likeness (QED) is 0.785. The van der Waals surface area contributed by atoms with Crippen molar-refractivity contribution in [2.75, 3.05) is 26.2 Å². The first-order valence-electron chi connectivity index (χ1n) is 6.23. The highest BCUT2D eigenvalue weighted by Gasteiger charge is 2.22. The number of rotatable bonds is 5. The normalized spacial score (nSPS) is 30.4. The molecule has 2 N–H and O–H groups in total. The van der Waals surface area contributed by atoms with E-state index in [-0.39, 0.29) is 0 Å². The zero-order valence-electron chi connectivity index (χ0n) is 10.4. The van der Waals surface area contributed by atoms with Crippen LogP contribution in [0.4, 0.5) is 0 Å². The standard InChI is InChI=1S/C12H26N2S/c1-4-12(7-13)5-6-14-8-10(2)15-11(3)9-14/h10-12H,4-9,13H2,1-3H3. The summed E-state index contributed by atoms with van der Waals surface area (Å²) >= 11 is 2.12. The molecule has 0 aromatic rings. The summed E-state index contributed by atoms with van der Waals surface area (Å²) in [4.78, 5) is 2.62. The Bertz CT molecular complexity index is 161. The first-order valence-corrected chi connectivity index (χ1v) is 7.17. The molecule has 15 heavy (non-hydrogen) atoms. The Labute approximate surface area is 99.0 Å². The summed E-state index contributed by atoms with van der Waals surface area (Å²) in [6.07, 6.45) is 2.50. The molecule has 1 rings (SSSR count). The van der Waals surface area contributed by atoms with Crippen LogP contribution in [0.1, 0.15) is 33.6 Å². The van der Waals surface area contributed by atoms with Crippen LogP contribution in [0.5, 0.6) is 0 Å². The molecule has 2 nitrogen and oxygen atoms in total. The largest absolute Gasteiger partial charge is 0.330 e. The van der Waals surface area contributed by atoms with Gasteiger partial charge in [-0.3, -0.25) is 0 Å². The fraction of sp³-hybridized carbons (Fsp3) is 1.00. The van der Waals surface area contributed by atoms with Crippen LogP contribution in [0.2, 0.25) is 0 Å². The van der Waals surface area contributed by atoms with E-state index < -0.39 is 0 Å². The summed E-state index contributed by atoms with van der Waals surface area (Å²) in [6.45, 7) is 11.5. The van der Waals surface area contributed by atoms with Crippen LogP contribution < -0.4 is 5.73 Å². The van der Waals surface area contributed by atoms with Crippen molar-refractivity contribution in [2.45, 2.75) is 44.1 Å². The number of thioether (sulfide) groups is 1. The molecule has 0 aromatic carbocycles. The third-order valence-corrected chi connectivity index (χ3v) is 4.49. The lowest BCUT2D eigenvalue weighted by atomic mass is 10.0. The Kier molecular flexibility index (Phi) is 6.02. The molecular formula is C12H26N2S. The molecule has 0 bridgehead atoms. The fourth-order valence-electron chi connectivity index (χ4n) is 2.32. The monoisotopic (exact) mass is 230 g/mol. The number of nitrogens with zero attached hydrogens (tertiary/aromatic N) is 1. The van der Waals surface area contributed by atoms with E-state index in [2.05, 4.69) is 37.4 Å². The molecule has 0 spiro atoms. The number of nitrogens with two attached hydrogens (primary N) is 1. The van der Waals surface area contributed by atoms with Gasteiger partial charge < -0.3 is 10.6 Å². The van der Waals surface area contributed by atoms with Gasteiger partial charge in [-0.25, -0.2) is 0 Å². The predicted molar refractivity (Wildman–Crippen MR) is 70.4 cm³/mol. The summed E-state index contributed by atoms with van der Waals surface area (Å²) in [6, 6.07) is 0. The smallest absolute Gasteiger partial charge is 0.0149 e. The van der Waals surface area contributed by atoms with E-state index in [9.17, 15) is 0 Å². The molecule has 0 radical (unpaired) electrons. The maximum absolute atomic E-state index is 5.73. The van der Waals surface area contributed by atoms with E-state index in [1.54, 1.807) is 0 Å². The zero-order chi connectivity index (χ0) is 11.3. The summed E-state index contributed by atoms with van der Waals surface area (Å²) in [7, 11) is 0. The van der Waals surface area contributed by atoms with Gasteiger partial charge in [0.15, 0.2) is 0 Å². The number of hydrogen-bond acceptors (Lipinski definition) is 3. The Morgan fingerprint density at radius 1 is 1.33 bits per heavy atom. The van der Waals surface area contributed by atoms with Crippen molar-refractivity contribution in [2.24, 2.45) is 11.7 Å². The van der Waals surface area contributed by atoms with Crippen LogP contribution in [0.25, 0.3) is 0 Å². The van der Waals surface area contributed by atoms with Crippen LogP contribution in [0.15, 0.2) is 0 Å². The summed E-state index contributed by atoms with van der Waals surface area (Å²) in [5.74, 6) is 0.727. The van der Waals surface area contributed by atoms with Gasteiger partial charge in [0.2, 0.25) is 0 Å². The molecule has 0 amide bonds. The maximum atomic E-state index is 5.73. The number of hydrogen-bond donors (Lipinski definition) is 1. The average Bonchev–Trinajstić information content (AvgIpc) is 2.18. The van der Waals surface area contributed by atoms with Crippen molar-refractivity contribution >= 4 is 11.8 Å². The van der Waals surface area contributed by atoms with Gasteiger partial charge in [-0.2, -0.15) is 11.8 Å². The van der Waals surface area contributed by atoms with Gasteiger partial charge in [-0.05, 0) is 25.4 Å². The average molecular weight is 230 g/mol. The molecule has 90 valence electrons. The van der Waals surface area contributed by atoms with Crippen LogP contribution in [-0.4, -0.2) is 41.6 Å². The maximum Gasteiger partial charge on any atom is 0.0149 e. The Hall–Kier alpha value is 0.270. The van der Waals surface area contributed by atoms with Gasteiger partial charge >= 0.3 is 0 Å². The molecule has 3 atom stereocenters. The van der Waals surface area contributed by atoms with Gasteiger partial charge in [0.25, 0.3) is 0 Å². The van der Waals surface area contributed by atoms with Crippen molar-refractivity contribution in [3.8, 4) is 0 Å². The minimum absolute atomic E-state index is 0.727. The molecule has 1 aliphatic heterocycles. The van der Waals surface area contributed by atoms with E-state index in [0.717, 1.165) is 23.0 Å². The van der Waals surface area contributed by atoms with Gasteiger partial charge in [0.05, 0.1) is 0 Å². The minimum atomic E-state index is 0.727. The van der Waals surface area contributed by atoms with Crippen molar-refractivity contribution in [1.29, 1.82) is 0 Å². The third-order valence-electron chi connectivity index (χ3n) is 3.26. The third kappa shape index (κ3) is 4.75. The molecule has 1 aliphatic rings. The van der Waals surface area contributed by atoms with Gasteiger partial charge in [0.1, 0.15) is 0 Å². The first kappa shape index (κ1) is 13.3. The second kappa shape index (κ2) is 6.77. The summed E-state index contributed by atoms with van der Waals surface area (Å²) in [5, 5.41) is 1.60. The van der Waals surface area contributed by atoms with Crippen LogP contribution in [0, 0.1) is 5.92 Å². The molecular weight excluding hydrogens is 204 g/mol. The van der Waals surface area contributed by atoms with E-state index >= 15 is 0 Å². The van der Waals surface area contributed by atoms with E-state index in [1.165, 1.54) is 32.5 Å². The predicted octanol–water partition coefficient (Wildman–Crippen LogP) is 2.19. The molecule has 0 saturated carbocycles. The van der Waals surface area contributed by atoms with Gasteiger partial charge in [0, 0.05) is 23.6 Å². The molecule has 0 aliphatic carbocycles.